The van der Waals surface area contributed by atoms with Crippen molar-refractivity contribution in [1.82, 2.24) is 4.98 Å². The summed E-state index contributed by atoms with van der Waals surface area (Å²) in [6.45, 7) is 0.132. The molecule has 5 aromatic rings. The van der Waals surface area contributed by atoms with Crippen molar-refractivity contribution in [1.29, 1.82) is 0 Å². The van der Waals surface area contributed by atoms with Crippen LogP contribution in [0.15, 0.2) is 109 Å². The van der Waals surface area contributed by atoms with E-state index in [1.807, 2.05) is 12.4 Å². The number of para-hydroxylation sites is 2. The number of pyridine rings is 1. The Balaban J connectivity index is 1.58. The number of fused-ring (bicyclic) bond motifs is 6. The van der Waals surface area contributed by atoms with Crippen LogP contribution in [0.5, 0.6) is 0 Å². The Kier molecular flexibility index (Phi) is 3.21. The maximum Gasteiger partial charge on any atom is 0.333 e. The van der Waals surface area contributed by atoms with Gasteiger partial charge >= 0.3 is 6.85 Å². The van der Waals surface area contributed by atoms with Crippen LogP contribution in [0, 0.1) is 0 Å². The molecule has 0 fully saturated rings. The first kappa shape index (κ1) is 17.3. The minimum Gasteiger partial charge on any atom is -0.376 e. The number of nitrogens with zero attached hydrogens (tertiary/aromatic N) is 3. The lowest BCUT2D eigenvalue weighted by molar-refractivity contribution is 1.24. The van der Waals surface area contributed by atoms with Crippen molar-refractivity contribution in [3.63, 3.8) is 0 Å². The maximum atomic E-state index is 4.52. The normalized spacial score (nSPS) is 13.9. The fourth-order valence-electron chi connectivity index (χ4n) is 6.05. The van der Waals surface area contributed by atoms with Crippen LogP contribution >= 0.6 is 0 Å². The van der Waals surface area contributed by atoms with Gasteiger partial charge in [-0.15, -0.1) is 0 Å². The molecule has 0 bridgehead atoms. The average molecular weight is 419 g/mol. The number of benzene rings is 4. The van der Waals surface area contributed by atoms with Gasteiger partial charge in [0.2, 0.25) is 0 Å². The summed E-state index contributed by atoms with van der Waals surface area (Å²) in [5.41, 5.74) is 14.0. The number of hydrogen-bond acceptors (Lipinski definition) is 3. The van der Waals surface area contributed by atoms with Crippen molar-refractivity contribution in [2.75, 3.05) is 9.71 Å². The molecule has 0 radical (unpaired) electrons. The van der Waals surface area contributed by atoms with Gasteiger partial charge in [0.25, 0.3) is 0 Å². The lowest BCUT2D eigenvalue weighted by atomic mass is 9.41. The van der Waals surface area contributed by atoms with E-state index in [-0.39, 0.29) is 6.85 Å². The molecule has 0 aliphatic carbocycles. The quantitative estimate of drug-likeness (QED) is 0.322. The Labute approximate surface area is 192 Å². The van der Waals surface area contributed by atoms with Crippen LogP contribution in [-0.4, -0.2) is 11.8 Å². The van der Waals surface area contributed by atoms with Gasteiger partial charge in [-0.05, 0) is 58.5 Å². The molecule has 3 aliphatic heterocycles. The molecule has 0 amide bonds. The smallest absolute Gasteiger partial charge is 0.333 e. The van der Waals surface area contributed by atoms with Crippen molar-refractivity contribution in [3.05, 3.63) is 109 Å². The molecule has 1 aromatic heterocycles. The minimum absolute atomic E-state index is 0.132. The minimum atomic E-state index is 0.132. The van der Waals surface area contributed by atoms with Crippen LogP contribution in [0.25, 0.3) is 22.3 Å². The topological polar surface area (TPSA) is 19.4 Å². The summed E-state index contributed by atoms with van der Waals surface area (Å²) in [6.07, 6.45) is 3.93. The highest BCUT2D eigenvalue weighted by Gasteiger charge is 2.48. The third-order valence-corrected chi connectivity index (χ3v) is 7.27. The second-order valence-electron chi connectivity index (χ2n) is 8.83. The van der Waals surface area contributed by atoms with Crippen LogP contribution < -0.4 is 20.6 Å². The van der Waals surface area contributed by atoms with Crippen molar-refractivity contribution >= 4 is 46.2 Å². The van der Waals surface area contributed by atoms with E-state index in [1.165, 1.54) is 61.6 Å². The third kappa shape index (κ3) is 2.08. The van der Waals surface area contributed by atoms with Gasteiger partial charge in [-0.1, -0.05) is 60.7 Å². The fourth-order valence-corrected chi connectivity index (χ4v) is 6.05. The van der Waals surface area contributed by atoms with Gasteiger partial charge in [0.1, 0.15) is 0 Å². The number of rotatable bonds is 1. The zero-order valence-corrected chi connectivity index (χ0v) is 17.8. The first-order valence-electron chi connectivity index (χ1n) is 11.4. The van der Waals surface area contributed by atoms with E-state index in [1.54, 1.807) is 0 Å². The lowest BCUT2D eigenvalue weighted by Gasteiger charge is -2.48. The largest absolute Gasteiger partial charge is 0.376 e. The Bertz CT molecular complexity index is 1500. The predicted molar refractivity (Wildman–Crippen MR) is 137 cm³/mol. The van der Waals surface area contributed by atoms with Gasteiger partial charge < -0.3 is 9.71 Å². The van der Waals surface area contributed by atoms with Crippen LogP contribution in [0.2, 0.25) is 0 Å². The Morgan fingerprint density at radius 3 is 1.91 bits per heavy atom. The van der Waals surface area contributed by atoms with Gasteiger partial charge in [-0.3, -0.25) is 4.98 Å². The van der Waals surface area contributed by atoms with Crippen molar-refractivity contribution in [2.45, 2.75) is 0 Å². The standard InChI is InChI=1S/C29H18BN3/c1-2-8-19(9-3-1)32-26-14-6-11-21-20-10-4-5-13-24(20)33-25-16-17-31-18-23(25)22-12-7-15-27(32)29(22)30(33)28(21)26/h1-18H. The molecule has 4 heteroatoms. The first-order chi connectivity index (χ1) is 16.4. The molecule has 0 saturated heterocycles. The molecular formula is C29H18BN3. The molecule has 4 heterocycles. The predicted octanol–water partition coefficient (Wildman–Crippen LogP) is 5.77. The zero-order valence-electron chi connectivity index (χ0n) is 17.8. The van der Waals surface area contributed by atoms with Crippen LogP contribution in [0.1, 0.15) is 0 Å². The highest BCUT2D eigenvalue weighted by Crippen LogP contribution is 2.50. The van der Waals surface area contributed by atoms with Crippen molar-refractivity contribution in [2.24, 2.45) is 0 Å². The Hall–Kier alpha value is -4.31. The Morgan fingerprint density at radius 2 is 1.12 bits per heavy atom. The second-order valence-corrected chi connectivity index (χ2v) is 8.83. The van der Waals surface area contributed by atoms with Gasteiger partial charge in [-0.2, -0.15) is 0 Å². The van der Waals surface area contributed by atoms with Crippen LogP contribution in [0.4, 0.5) is 28.4 Å². The molecule has 0 atom stereocenters. The van der Waals surface area contributed by atoms with Crippen molar-refractivity contribution in [3.8, 4) is 22.3 Å². The maximum absolute atomic E-state index is 4.52. The number of hydrogen-bond donors (Lipinski definition) is 0. The molecule has 33 heavy (non-hydrogen) atoms. The molecule has 152 valence electrons. The summed E-state index contributed by atoms with van der Waals surface area (Å²) < 4.78 is 0. The highest BCUT2D eigenvalue weighted by molar-refractivity contribution is 6.95. The van der Waals surface area contributed by atoms with Crippen LogP contribution in [0.3, 0.4) is 0 Å². The Morgan fingerprint density at radius 1 is 0.515 bits per heavy atom. The number of anilines is 5. The summed E-state index contributed by atoms with van der Waals surface area (Å²) in [5.74, 6) is 0. The van der Waals surface area contributed by atoms with E-state index in [0.717, 1.165) is 0 Å². The SMILES string of the molecule is c1ccc(N2c3cccc4c3B3c5c(cccc52)-c2cnccc2N3c2ccccc2-4)cc1. The number of aromatic nitrogens is 1. The molecule has 4 aromatic carbocycles. The summed E-state index contributed by atoms with van der Waals surface area (Å²) in [7, 11) is 0. The van der Waals surface area contributed by atoms with E-state index < -0.39 is 0 Å². The average Bonchev–Trinajstić information content (AvgIpc) is 2.89. The van der Waals surface area contributed by atoms with Gasteiger partial charge in [0, 0.05) is 52.0 Å². The monoisotopic (exact) mass is 419 g/mol. The van der Waals surface area contributed by atoms with E-state index in [2.05, 4.69) is 112 Å². The van der Waals surface area contributed by atoms with Gasteiger partial charge in [0.15, 0.2) is 0 Å². The summed E-state index contributed by atoms with van der Waals surface area (Å²) >= 11 is 0. The molecule has 0 N–H and O–H groups in total. The second kappa shape index (κ2) is 6.14. The van der Waals surface area contributed by atoms with Crippen molar-refractivity contribution < 1.29 is 0 Å². The summed E-state index contributed by atoms with van der Waals surface area (Å²) in [6, 6.07) is 35.2. The highest BCUT2D eigenvalue weighted by atomic mass is 15.2. The van der Waals surface area contributed by atoms with E-state index in [4.69, 9.17) is 0 Å². The van der Waals surface area contributed by atoms with E-state index >= 15 is 0 Å². The molecule has 0 spiro atoms. The van der Waals surface area contributed by atoms with Crippen LogP contribution in [-0.2, 0) is 0 Å². The van der Waals surface area contributed by atoms with Gasteiger partial charge in [0.05, 0.1) is 0 Å². The van der Waals surface area contributed by atoms with E-state index in [0.29, 0.717) is 0 Å². The lowest BCUT2D eigenvalue weighted by Crippen LogP contribution is -2.63. The molecular weight excluding hydrogens is 401 g/mol. The molecule has 8 rings (SSSR count). The molecule has 3 aliphatic rings. The van der Waals surface area contributed by atoms with E-state index in [9.17, 15) is 0 Å². The third-order valence-electron chi connectivity index (χ3n) is 7.27. The first-order valence-corrected chi connectivity index (χ1v) is 11.4. The summed E-state index contributed by atoms with van der Waals surface area (Å²) in [5, 5.41) is 0. The fraction of sp³-hybridized carbons (Fsp3) is 0. The summed E-state index contributed by atoms with van der Waals surface area (Å²) in [4.78, 5) is 9.48. The van der Waals surface area contributed by atoms with Gasteiger partial charge in [-0.25, -0.2) is 0 Å². The zero-order chi connectivity index (χ0) is 21.5. The molecule has 3 nitrogen and oxygen atoms in total. The molecule has 0 unspecified atom stereocenters. The molecule has 0 saturated carbocycles.